The van der Waals surface area contributed by atoms with Gasteiger partial charge in [-0.1, -0.05) is 30.0 Å². The molecule has 0 saturated carbocycles. The van der Waals surface area contributed by atoms with Gasteiger partial charge in [-0.2, -0.15) is 5.10 Å². The summed E-state index contributed by atoms with van der Waals surface area (Å²) in [5.74, 6) is 0. The molecule has 2 aromatic carbocycles. The molecule has 3 aromatic rings. The number of aliphatic imine (C=N–C) groups is 1. The number of aromatic nitrogens is 2. The van der Waals surface area contributed by atoms with Gasteiger partial charge in [-0.15, -0.1) is 0 Å². The summed E-state index contributed by atoms with van der Waals surface area (Å²) in [6.07, 6.45) is 5.50. The van der Waals surface area contributed by atoms with Crippen molar-refractivity contribution in [2.45, 2.75) is 24.6 Å². The van der Waals surface area contributed by atoms with Gasteiger partial charge in [-0.3, -0.25) is 9.89 Å². The monoisotopic (exact) mass is 459 g/mol. The Bertz CT molecular complexity index is 1190. The number of amidine groups is 1. The average molecular weight is 460 g/mol. The summed E-state index contributed by atoms with van der Waals surface area (Å²) in [6.45, 7) is 3.75. The van der Waals surface area contributed by atoms with Gasteiger partial charge >= 0.3 is 6.09 Å². The molecule has 8 heteroatoms. The molecular formula is C25H25N5O2S. The van der Waals surface area contributed by atoms with Crippen molar-refractivity contribution in [3.8, 4) is 5.69 Å². The SMILES string of the molecule is O=C1OCCN1c1ccc2c(c1)CN(C1=NCC(Cc3ccc(-n4cccn4)cc3)S1)CC2. The van der Waals surface area contributed by atoms with Crippen LogP contribution < -0.4 is 4.90 Å². The lowest BCUT2D eigenvalue weighted by Gasteiger charge is -2.31. The minimum atomic E-state index is -0.251. The summed E-state index contributed by atoms with van der Waals surface area (Å²) in [6, 6.07) is 16.9. The van der Waals surface area contributed by atoms with E-state index in [9.17, 15) is 4.79 Å². The number of thioether (sulfide) groups is 1. The third-order valence-electron chi connectivity index (χ3n) is 6.42. The maximum atomic E-state index is 11.9. The minimum absolute atomic E-state index is 0.251. The Morgan fingerprint density at radius 1 is 1.06 bits per heavy atom. The number of hydrogen-bond donors (Lipinski definition) is 0. The van der Waals surface area contributed by atoms with Gasteiger partial charge in [0.25, 0.3) is 0 Å². The molecule has 168 valence electrons. The van der Waals surface area contributed by atoms with Gasteiger partial charge in [-0.25, -0.2) is 9.48 Å². The fourth-order valence-electron chi connectivity index (χ4n) is 4.66. The largest absolute Gasteiger partial charge is 0.447 e. The topological polar surface area (TPSA) is 63.0 Å². The number of amides is 1. The van der Waals surface area contributed by atoms with Crippen LogP contribution in [0.5, 0.6) is 0 Å². The number of carbonyl (C=O) groups is 1. The van der Waals surface area contributed by atoms with Gasteiger partial charge in [0, 0.05) is 36.4 Å². The Morgan fingerprint density at radius 2 is 1.94 bits per heavy atom. The number of anilines is 1. The van der Waals surface area contributed by atoms with E-state index in [4.69, 9.17) is 9.73 Å². The van der Waals surface area contributed by atoms with Crippen LogP contribution in [0.3, 0.4) is 0 Å². The normalized spacial score (nSPS) is 20.1. The number of fused-ring (bicyclic) bond motifs is 1. The quantitative estimate of drug-likeness (QED) is 0.592. The molecule has 4 heterocycles. The van der Waals surface area contributed by atoms with Crippen LogP contribution in [0.2, 0.25) is 0 Å². The van der Waals surface area contributed by atoms with Gasteiger partial charge in [0.15, 0.2) is 5.17 Å². The number of benzene rings is 2. The van der Waals surface area contributed by atoms with Crippen molar-refractivity contribution in [3.63, 3.8) is 0 Å². The van der Waals surface area contributed by atoms with Crippen molar-refractivity contribution in [3.05, 3.63) is 77.6 Å². The fourth-order valence-corrected chi connectivity index (χ4v) is 5.83. The molecule has 1 unspecified atom stereocenters. The minimum Gasteiger partial charge on any atom is -0.447 e. The van der Waals surface area contributed by atoms with Crippen LogP contribution in [0.15, 0.2) is 65.9 Å². The molecule has 6 rings (SSSR count). The number of hydrogen-bond acceptors (Lipinski definition) is 6. The van der Waals surface area contributed by atoms with Gasteiger partial charge in [-0.05, 0) is 59.9 Å². The van der Waals surface area contributed by atoms with Crippen molar-refractivity contribution in [1.29, 1.82) is 0 Å². The van der Waals surface area contributed by atoms with E-state index in [1.807, 2.05) is 34.8 Å². The highest BCUT2D eigenvalue weighted by Crippen LogP contribution is 2.32. The molecule has 1 atom stereocenters. The molecule has 33 heavy (non-hydrogen) atoms. The Hall–Kier alpha value is -3.26. The van der Waals surface area contributed by atoms with Crippen LogP contribution in [0.25, 0.3) is 5.69 Å². The van der Waals surface area contributed by atoms with Crippen LogP contribution in [0, 0.1) is 0 Å². The summed E-state index contributed by atoms with van der Waals surface area (Å²) in [5, 5.41) is 5.90. The van der Waals surface area contributed by atoms with E-state index < -0.39 is 0 Å². The predicted octanol–water partition coefficient (Wildman–Crippen LogP) is 3.90. The molecular weight excluding hydrogens is 434 g/mol. The van der Waals surface area contributed by atoms with Crippen LogP contribution in [-0.4, -0.2) is 57.4 Å². The van der Waals surface area contributed by atoms with Crippen LogP contribution in [0.1, 0.15) is 16.7 Å². The smallest absolute Gasteiger partial charge is 0.414 e. The van der Waals surface area contributed by atoms with Crippen molar-refractivity contribution in [2.75, 3.05) is 31.1 Å². The highest BCUT2D eigenvalue weighted by molar-refractivity contribution is 8.14. The molecule has 0 spiro atoms. The molecule has 0 radical (unpaired) electrons. The van der Waals surface area contributed by atoms with E-state index in [1.54, 1.807) is 11.1 Å². The summed E-state index contributed by atoms with van der Waals surface area (Å²) < 4.78 is 6.98. The lowest BCUT2D eigenvalue weighted by Crippen LogP contribution is -2.34. The zero-order valence-corrected chi connectivity index (χ0v) is 19.1. The summed E-state index contributed by atoms with van der Waals surface area (Å²) in [7, 11) is 0. The first-order valence-corrected chi connectivity index (χ1v) is 12.2. The molecule has 1 fully saturated rings. The standard InChI is InChI=1S/C25H25N5O2S/c31-25-29(12-13-32-25)22-7-4-19-8-11-28(17-20(19)15-22)24-26-16-23(33-24)14-18-2-5-21(6-3-18)30-10-1-9-27-30/h1-7,9-10,15,23H,8,11-14,16-17H2. The van der Waals surface area contributed by atoms with Gasteiger partial charge in [0.2, 0.25) is 0 Å². The maximum absolute atomic E-state index is 11.9. The molecule has 0 N–H and O–H groups in total. The maximum Gasteiger partial charge on any atom is 0.414 e. The van der Waals surface area contributed by atoms with Crippen LogP contribution in [0.4, 0.5) is 10.5 Å². The fraction of sp³-hybridized carbons (Fsp3) is 0.320. The molecule has 3 aliphatic rings. The summed E-state index contributed by atoms with van der Waals surface area (Å²) in [5.41, 5.74) is 5.97. The number of ether oxygens (including phenoxy) is 1. The molecule has 3 aliphatic heterocycles. The molecule has 0 bridgehead atoms. The van der Waals surface area contributed by atoms with E-state index >= 15 is 0 Å². The zero-order chi connectivity index (χ0) is 22.2. The van der Waals surface area contributed by atoms with Crippen LogP contribution >= 0.6 is 11.8 Å². The molecule has 7 nitrogen and oxygen atoms in total. The Labute approximate surface area is 197 Å². The third kappa shape index (κ3) is 4.11. The van der Waals surface area contributed by atoms with Gasteiger partial charge < -0.3 is 9.64 Å². The summed E-state index contributed by atoms with van der Waals surface area (Å²) in [4.78, 5) is 20.9. The van der Waals surface area contributed by atoms with Crippen molar-refractivity contribution >= 4 is 28.7 Å². The third-order valence-corrected chi connectivity index (χ3v) is 7.66. The van der Waals surface area contributed by atoms with Crippen LogP contribution in [-0.2, 0) is 24.1 Å². The molecule has 0 aliphatic carbocycles. The number of carbonyl (C=O) groups excluding carboxylic acids is 1. The number of cyclic esters (lactones) is 1. The zero-order valence-electron chi connectivity index (χ0n) is 18.3. The second kappa shape index (κ2) is 8.59. The van der Waals surface area contributed by atoms with Crippen molar-refractivity contribution in [2.24, 2.45) is 4.99 Å². The first-order valence-electron chi connectivity index (χ1n) is 11.3. The van der Waals surface area contributed by atoms with E-state index in [0.29, 0.717) is 18.4 Å². The van der Waals surface area contributed by atoms with Crippen molar-refractivity contribution in [1.82, 2.24) is 14.7 Å². The highest BCUT2D eigenvalue weighted by atomic mass is 32.2. The number of nitrogens with zero attached hydrogens (tertiary/aromatic N) is 5. The second-order valence-electron chi connectivity index (χ2n) is 8.57. The average Bonchev–Trinajstić information content (AvgIpc) is 3.61. The number of rotatable bonds is 4. The highest BCUT2D eigenvalue weighted by Gasteiger charge is 2.28. The molecule has 1 saturated heterocycles. The first kappa shape index (κ1) is 20.4. The van der Waals surface area contributed by atoms with Gasteiger partial charge in [0.1, 0.15) is 6.61 Å². The van der Waals surface area contributed by atoms with E-state index in [0.717, 1.165) is 49.0 Å². The van der Waals surface area contributed by atoms with E-state index in [2.05, 4.69) is 46.4 Å². The van der Waals surface area contributed by atoms with E-state index in [1.165, 1.54) is 16.7 Å². The molecule has 1 amide bonds. The Balaban J connectivity index is 1.09. The van der Waals surface area contributed by atoms with Gasteiger partial charge in [0.05, 0.1) is 18.8 Å². The first-order chi connectivity index (χ1) is 16.2. The Kier molecular flexibility index (Phi) is 5.30. The lowest BCUT2D eigenvalue weighted by molar-refractivity contribution is 0.181. The molecule has 1 aromatic heterocycles. The van der Waals surface area contributed by atoms with Crippen molar-refractivity contribution < 1.29 is 9.53 Å². The summed E-state index contributed by atoms with van der Waals surface area (Å²) >= 11 is 1.89. The van der Waals surface area contributed by atoms with E-state index in [-0.39, 0.29) is 6.09 Å². The second-order valence-corrected chi connectivity index (χ2v) is 9.84. The lowest BCUT2D eigenvalue weighted by atomic mass is 9.99. The Morgan fingerprint density at radius 3 is 2.73 bits per heavy atom. The predicted molar refractivity (Wildman–Crippen MR) is 130 cm³/mol.